The Labute approximate surface area is 131 Å². The van der Waals surface area contributed by atoms with Gasteiger partial charge in [-0.1, -0.05) is 36.4 Å². The molecule has 0 aromatic heterocycles. The van der Waals surface area contributed by atoms with Crippen molar-refractivity contribution in [1.82, 2.24) is 10.9 Å². The highest BCUT2D eigenvalue weighted by molar-refractivity contribution is 5.98. The summed E-state index contributed by atoms with van der Waals surface area (Å²) < 4.78 is 0. The van der Waals surface area contributed by atoms with Crippen LogP contribution in [0.1, 0.15) is 15.9 Å². The molecule has 0 radical (unpaired) electrons. The molecule has 0 spiro atoms. The first kappa shape index (κ1) is 15.9. The van der Waals surface area contributed by atoms with Crippen LogP contribution in [0.2, 0.25) is 0 Å². The summed E-state index contributed by atoms with van der Waals surface area (Å²) in [5.74, 6) is -1.16. The van der Waals surface area contributed by atoms with Gasteiger partial charge in [-0.05, 0) is 17.7 Å². The second kappa shape index (κ2) is 7.51. The van der Waals surface area contributed by atoms with Gasteiger partial charge in [0.2, 0.25) is 0 Å². The molecule has 0 unspecified atom stereocenters. The van der Waals surface area contributed by atoms with Gasteiger partial charge in [-0.25, -0.2) is 0 Å². The maximum absolute atomic E-state index is 11.8. The van der Waals surface area contributed by atoms with Crippen LogP contribution >= 0.6 is 0 Å². The van der Waals surface area contributed by atoms with Crippen LogP contribution in [-0.2, 0) is 4.79 Å². The van der Waals surface area contributed by atoms with Gasteiger partial charge in [0.1, 0.15) is 0 Å². The highest BCUT2D eigenvalue weighted by Crippen LogP contribution is 2.12. The number of nitrogens with one attached hydrogen (secondary N) is 2. The molecule has 0 aliphatic carbocycles. The number of nitrogens with zero attached hydrogens (tertiary/aromatic N) is 1. The molecule has 0 saturated heterocycles. The maximum Gasteiger partial charge on any atom is 0.270 e. The maximum atomic E-state index is 11.8. The molecule has 23 heavy (non-hydrogen) atoms. The molecule has 2 rings (SSSR count). The molecule has 0 aliphatic heterocycles. The fourth-order valence-electron chi connectivity index (χ4n) is 1.73. The van der Waals surface area contributed by atoms with Crippen LogP contribution in [0.5, 0.6) is 0 Å². The SMILES string of the molecule is O=C(/C=C\c1ccccc1)NNC(=O)c1cccc([N+](=O)[O-])c1. The fraction of sp³-hybridized carbons (Fsp3) is 0. The number of non-ortho nitro benzene ring substituents is 1. The smallest absolute Gasteiger partial charge is 0.268 e. The van der Waals surface area contributed by atoms with Crippen molar-refractivity contribution in [3.8, 4) is 0 Å². The fourth-order valence-corrected chi connectivity index (χ4v) is 1.73. The minimum absolute atomic E-state index is 0.0755. The number of hydrogen-bond donors (Lipinski definition) is 2. The monoisotopic (exact) mass is 311 g/mol. The predicted octanol–water partition coefficient (Wildman–Crippen LogP) is 2.07. The lowest BCUT2D eigenvalue weighted by Crippen LogP contribution is -2.40. The van der Waals surface area contributed by atoms with Crippen LogP contribution < -0.4 is 10.9 Å². The van der Waals surface area contributed by atoms with Gasteiger partial charge >= 0.3 is 0 Å². The molecule has 2 aromatic carbocycles. The normalized spacial score (nSPS) is 10.3. The Morgan fingerprint density at radius 3 is 2.43 bits per heavy atom. The summed E-state index contributed by atoms with van der Waals surface area (Å²) in [6.45, 7) is 0. The molecule has 0 saturated carbocycles. The predicted molar refractivity (Wildman–Crippen MR) is 84.2 cm³/mol. The molecule has 7 heteroatoms. The third-order valence-corrected chi connectivity index (χ3v) is 2.85. The average molecular weight is 311 g/mol. The van der Waals surface area contributed by atoms with Crippen LogP contribution in [0.3, 0.4) is 0 Å². The lowest BCUT2D eigenvalue weighted by Gasteiger charge is -2.05. The highest BCUT2D eigenvalue weighted by atomic mass is 16.6. The van der Waals surface area contributed by atoms with Crippen LogP contribution in [0.15, 0.2) is 60.7 Å². The number of nitro benzene ring substituents is 1. The minimum atomic E-state index is -0.643. The van der Waals surface area contributed by atoms with Gasteiger partial charge in [0.15, 0.2) is 0 Å². The van der Waals surface area contributed by atoms with Gasteiger partial charge in [-0.15, -0.1) is 0 Å². The van der Waals surface area contributed by atoms with E-state index in [1.165, 1.54) is 24.3 Å². The van der Waals surface area contributed by atoms with E-state index in [9.17, 15) is 19.7 Å². The van der Waals surface area contributed by atoms with Crippen molar-refractivity contribution in [3.05, 3.63) is 81.9 Å². The molecule has 0 heterocycles. The van der Waals surface area contributed by atoms with E-state index in [0.717, 1.165) is 11.6 Å². The van der Waals surface area contributed by atoms with Gasteiger partial charge < -0.3 is 0 Å². The van der Waals surface area contributed by atoms with Gasteiger partial charge in [-0.2, -0.15) is 0 Å². The summed E-state index contributed by atoms with van der Waals surface area (Å²) in [4.78, 5) is 33.5. The van der Waals surface area contributed by atoms with Gasteiger partial charge in [-0.3, -0.25) is 30.6 Å². The molecule has 116 valence electrons. The Morgan fingerprint density at radius 2 is 1.74 bits per heavy atom. The molecule has 0 fully saturated rings. The molecule has 0 atom stereocenters. The molecule has 0 bridgehead atoms. The van der Waals surface area contributed by atoms with Crippen LogP contribution in [0, 0.1) is 10.1 Å². The van der Waals surface area contributed by atoms with E-state index < -0.39 is 16.7 Å². The van der Waals surface area contributed by atoms with Crippen molar-refractivity contribution in [2.45, 2.75) is 0 Å². The summed E-state index contributed by atoms with van der Waals surface area (Å²) in [5.41, 5.74) is 5.11. The number of hydrazine groups is 1. The molecule has 0 aliphatic rings. The second-order valence-electron chi connectivity index (χ2n) is 4.49. The Bertz CT molecular complexity index is 757. The Kier molecular flexibility index (Phi) is 5.19. The number of hydrogen-bond acceptors (Lipinski definition) is 4. The molecule has 7 nitrogen and oxygen atoms in total. The Balaban J connectivity index is 1.91. The van der Waals surface area contributed by atoms with Gasteiger partial charge in [0.05, 0.1) is 4.92 Å². The summed E-state index contributed by atoms with van der Waals surface area (Å²) in [5, 5.41) is 10.7. The van der Waals surface area contributed by atoms with Gasteiger partial charge in [0.25, 0.3) is 17.5 Å². The number of carbonyl (C=O) groups is 2. The molecule has 2 N–H and O–H groups in total. The number of carbonyl (C=O) groups excluding carboxylic acids is 2. The van der Waals surface area contributed by atoms with Gasteiger partial charge in [0, 0.05) is 23.8 Å². The standard InChI is InChI=1S/C16H13N3O4/c20-15(10-9-12-5-2-1-3-6-12)17-18-16(21)13-7-4-8-14(11-13)19(22)23/h1-11H,(H,17,20)(H,18,21)/b10-9-. The van der Waals surface area contributed by atoms with Crippen molar-refractivity contribution >= 4 is 23.6 Å². The largest absolute Gasteiger partial charge is 0.270 e. The van der Waals surface area contributed by atoms with Crippen molar-refractivity contribution < 1.29 is 14.5 Å². The number of rotatable bonds is 4. The molecular formula is C16H13N3O4. The average Bonchev–Trinajstić information content (AvgIpc) is 2.58. The third kappa shape index (κ3) is 4.78. The zero-order chi connectivity index (χ0) is 16.7. The quantitative estimate of drug-likeness (QED) is 0.512. The summed E-state index contributed by atoms with van der Waals surface area (Å²) in [7, 11) is 0. The lowest BCUT2D eigenvalue weighted by molar-refractivity contribution is -0.384. The van der Waals surface area contributed by atoms with Crippen molar-refractivity contribution in [3.63, 3.8) is 0 Å². The van der Waals surface area contributed by atoms with Crippen molar-refractivity contribution in [2.75, 3.05) is 0 Å². The van der Waals surface area contributed by atoms with Crippen molar-refractivity contribution in [2.24, 2.45) is 0 Å². The topological polar surface area (TPSA) is 101 Å². The van der Waals surface area contributed by atoms with E-state index in [0.29, 0.717) is 0 Å². The molecular weight excluding hydrogens is 298 g/mol. The highest BCUT2D eigenvalue weighted by Gasteiger charge is 2.11. The Morgan fingerprint density at radius 1 is 1.00 bits per heavy atom. The number of amides is 2. The van der Waals surface area contributed by atoms with E-state index in [2.05, 4.69) is 10.9 Å². The van der Waals surface area contributed by atoms with Crippen LogP contribution in [-0.4, -0.2) is 16.7 Å². The summed E-state index contributed by atoms with van der Waals surface area (Å²) in [6, 6.07) is 14.4. The first-order valence-electron chi connectivity index (χ1n) is 6.64. The number of benzene rings is 2. The summed E-state index contributed by atoms with van der Waals surface area (Å²) >= 11 is 0. The molecule has 2 aromatic rings. The van der Waals surface area contributed by atoms with E-state index in [-0.39, 0.29) is 11.3 Å². The first-order valence-corrected chi connectivity index (χ1v) is 6.64. The van der Waals surface area contributed by atoms with Crippen molar-refractivity contribution in [1.29, 1.82) is 0 Å². The van der Waals surface area contributed by atoms with E-state index in [1.807, 2.05) is 30.3 Å². The number of nitro groups is 1. The Hall–Kier alpha value is -3.48. The van der Waals surface area contributed by atoms with Crippen LogP contribution in [0.25, 0.3) is 6.08 Å². The zero-order valence-corrected chi connectivity index (χ0v) is 11.9. The third-order valence-electron chi connectivity index (χ3n) is 2.85. The minimum Gasteiger partial charge on any atom is -0.268 e. The van der Waals surface area contributed by atoms with E-state index in [1.54, 1.807) is 6.08 Å². The zero-order valence-electron chi connectivity index (χ0n) is 11.9. The molecule has 2 amide bonds. The van der Waals surface area contributed by atoms with E-state index >= 15 is 0 Å². The van der Waals surface area contributed by atoms with E-state index in [4.69, 9.17) is 0 Å². The second-order valence-corrected chi connectivity index (χ2v) is 4.49. The lowest BCUT2D eigenvalue weighted by atomic mass is 10.2. The first-order chi connectivity index (χ1) is 11.1. The van der Waals surface area contributed by atoms with Crippen LogP contribution in [0.4, 0.5) is 5.69 Å². The summed E-state index contributed by atoms with van der Waals surface area (Å²) in [6.07, 6.45) is 2.86.